The summed E-state index contributed by atoms with van der Waals surface area (Å²) in [5, 5.41) is 3.10. The van der Waals surface area contributed by atoms with Gasteiger partial charge in [-0.15, -0.1) is 0 Å². The van der Waals surface area contributed by atoms with Crippen molar-refractivity contribution in [1.82, 2.24) is 16.2 Å². The number of hydrogen-bond donors (Lipinski definition) is 3. The molecule has 0 radical (unpaired) electrons. The molecule has 1 unspecified atom stereocenters. The highest BCUT2D eigenvalue weighted by Crippen LogP contribution is 1.76. The van der Waals surface area contributed by atoms with E-state index in [1.807, 2.05) is 0 Å². The number of thiocarbonyl (C=S) groups is 1. The summed E-state index contributed by atoms with van der Waals surface area (Å²) >= 11 is 4.62. The van der Waals surface area contributed by atoms with Gasteiger partial charge in [-0.1, -0.05) is 0 Å². The average molecular weight is 131 g/mol. The SMILES string of the molecule is O=CC1NNC(=S)N1. The number of carbonyl (C=O) groups excluding carboxylic acids is 1. The maximum atomic E-state index is 9.93. The number of aldehydes is 1. The molecule has 5 heteroatoms. The first-order valence-electron chi connectivity index (χ1n) is 2.10. The van der Waals surface area contributed by atoms with E-state index in [1.54, 1.807) is 0 Å². The van der Waals surface area contributed by atoms with Gasteiger partial charge in [0.2, 0.25) is 0 Å². The molecule has 1 aliphatic rings. The van der Waals surface area contributed by atoms with Crippen molar-refractivity contribution < 1.29 is 4.79 Å². The third-order valence-corrected chi connectivity index (χ3v) is 0.984. The second-order valence-electron chi connectivity index (χ2n) is 1.36. The molecular formula is C3H5N3OS. The Hall–Kier alpha value is -0.680. The van der Waals surface area contributed by atoms with E-state index < -0.39 is 0 Å². The molecule has 0 saturated carbocycles. The van der Waals surface area contributed by atoms with Gasteiger partial charge in [-0.05, 0) is 12.2 Å². The Labute approximate surface area is 51.6 Å². The lowest BCUT2D eigenvalue weighted by atomic mass is 10.6. The summed E-state index contributed by atoms with van der Waals surface area (Å²) in [6.45, 7) is 0. The topological polar surface area (TPSA) is 53.2 Å². The summed E-state index contributed by atoms with van der Waals surface area (Å²) < 4.78 is 0. The number of carbonyl (C=O) groups is 1. The van der Waals surface area contributed by atoms with Gasteiger partial charge in [0, 0.05) is 0 Å². The fourth-order valence-corrected chi connectivity index (χ4v) is 0.611. The van der Waals surface area contributed by atoms with Crippen LogP contribution in [0.4, 0.5) is 0 Å². The van der Waals surface area contributed by atoms with Crippen molar-refractivity contribution in [2.75, 3.05) is 0 Å². The number of hydrogen-bond acceptors (Lipinski definition) is 3. The standard InChI is InChI=1S/C3H5N3OS/c7-1-2-4-3(8)6-5-2/h1-2,5H,(H2,4,6,8). The molecule has 0 aromatic rings. The van der Waals surface area contributed by atoms with E-state index in [2.05, 4.69) is 28.4 Å². The predicted octanol–water partition coefficient (Wildman–Crippen LogP) is -1.51. The van der Waals surface area contributed by atoms with E-state index in [-0.39, 0.29) is 6.17 Å². The Balaban J connectivity index is 2.43. The molecule has 8 heavy (non-hydrogen) atoms. The zero-order valence-electron chi connectivity index (χ0n) is 3.97. The first kappa shape index (κ1) is 5.46. The Bertz CT molecular complexity index is 126. The lowest BCUT2D eigenvalue weighted by Gasteiger charge is -1.94. The molecule has 0 aromatic carbocycles. The summed E-state index contributed by atoms with van der Waals surface area (Å²) in [6.07, 6.45) is 0.370. The highest BCUT2D eigenvalue weighted by Gasteiger charge is 2.13. The highest BCUT2D eigenvalue weighted by atomic mass is 32.1. The molecule has 3 N–H and O–H groups in total. The summed E-state index contributed by atoms with van der Waals surface area (Å²) in [5.41, 5.74) is 5.15. The van der Waals surface area contributed by atoms with Gasteiger partial charge in [-0.3, -0.25) is 10.2 Å². The van der Waals surface area contributed by atoms with Crippen LogP contribution >= 0.6 is 12.2 Å². The normalized spacial score (nSPS) is 26.5. The van der Waals surface area contributed by atoms with Crippen LogP contribution in [0, 0.1) is 0 Å². The van der Waals surface area contributed by atoms with Crippen LogP contribution in [0.1, 0.15) is 0 Å². The quantitative estimate of drug-likeness (QED) is 0.298. The van der Waals surface area contributed by atoms with Gasteiger partial charge in [0.1, 0.15) is 0 Å². The lowest BCUT2D eigenvalue weighted by Crippen LogP contribution is -2.34. The van der Waals surface area contributed by atoms with E-state index >= 15 is 0 Å². The molecule has 0 amide bonds. The first-order valence-corrected chi connectivity index (χ1v) is 2.51. The van der Waals surface area contributed by atoms with E-state index in [4.69, 9.17) is 0 Å². The molecule has 0 bridgehead atoms. The van der Waals surface area contributed by atoms with Gasteiger partial charge < -0.3 is 5.32 Å². The Morgan fingerprint density at radius 2 is 2.50 bits per heavy atom. The number of hydrazine groups is 1. The highest BCUT2D eigenvalue weighted by molar-refractivity contribution is 7.80. The van der Waals surface area contributed by atoms with E-state index in [1.165, 1.54) is 0 Å². The van der Waals surface area contributed by atoms with Crippen molar-refractivity contribution in [3.05, 3.63) is 0 Å². The molecule has 1 aliphatic heterocycles. The molecule has 4 nitrogen and oxygen atoms in total. The fourth-order valence-electron chi connectivity index (χ4n) is 0.425. The molecular weight excluding hydrogens is 126 g/mol. The van der Waals surface area contributed by atoms with Gasteiger partial charge in [-0.2, -0.15) is 0 Å². The van der Waals surface area contributed by atoms with Crippen LogP contribution in [-0.4, -0.2) is 17.6 Å². The smallest absolute Gasteiger partial charge is 0.182 e. The van der Waals surface area contributed by atoms with Crippen molar-refractivity contribution in [1.29, 1.82) is 0 Å². The van der Waals surface area contributed by atoms with Gasteiger partial charge in [-0.25, -0.2) is 5.43 Å². The van der Waals surface area contributed by atoms with Crippen molar-refractivity contribution in [2.45, 2.75) is 6.17 Å². The van der Waals surface area contributed by atoms with Crippen LogP contribution in [0.2, 0.25) is 0 Å². The van der Waals surface area contributed by atoms with Crippen LogP contribution in [0.3, 0.4) is 0 Å². The molecule has 0 spiro atoms. The Morgan fingerprint density at radius 3 is 2.75 bits per heavy atom. The predicted molar refractivity (Wildman–Crippen MR) is 31.9 cm³/mol. The summed E-state index contributed by atoms with van der Waals surface area (Å²) in [5.74, 6) is 0. The van der Waals surface area contributed by atoms with Crippen molar-refractivity contribution in [3.63, 3.8) is 0 Å². The molecule has 0 aliphatic carbocycles. The van der Waals surface area contributed by atoms with E-state index in [0.717, 1.165) is 6.29 Å². The van der Waals surface area contributed by atoms with Crippen LogP contribution in [-0.2, 0) is 4.79 Å². The van der Waals surface area contributed by atoms with Crippen molar-refractivity contribution >= 4 is 23.6 Å². The molecule has 1 fully saturated rings. The first-order chi connectivity index (χ1) is 3.83. The molecule has 1 atom stereocenters. The minimum Gasteiger partial charge on any atom is -0.339 e. The second kappa shape index (κ2) is 2.06. The Kier molecular flexibility index (Phi) is 1.40. The maximum absolute atomic E-state index is 9.93. The maximum Gasteiger partial charge on any atom is 0.182 e. The van der Waals surface area contributed by atoms with Crippen LogP contribution in [0.15, 0.2) is 0 Å². The largest absolute Gasteiger partial charge is 0.339 e. The summed E-state index contributed by atoms with van der Waals surface area (Å²) in [4.78, 5) is 9.93. The second-order valence-corrected chi connectivity index (χ2v) is 1.76. The van der Waals surface area contributed by atoms with E-state index in [0.29, 0.717) is 5.11 Å². The molecule has 1 saturated heterocycles. The van der Waals surface area contributed by atoms with Gasteiger partial charge in [0.15, 0.2) is 17.6 Å². The third kappa shape index (κ3) is 0.932. The van der Waals surface area contributed by atoms with Crippen molar-refractivity contribution in [2.24, 2.45) is 0 Å². The van der Waals surface area contributed by atoms with Crippen LogP contribution in [0.25, 0.3) is 0 Å². The number of rotatable bonds is 1. The summed E-state index contributed by atoms with van der Waals surface area (Å²) in [7, 11) is 0. The number of nitrogens with one attached hydrogen (secondary N) is 3. The molecule has 0 aromatic heterocycles. The summed E-state index contributed by atoms with van der Waals surface area (Å²) in [6, 6.07) is 0. The minimum atomic E-state index is -0.359. The zero-order chi connectivity index (χ0) is 5.98. The minimum absolute atomic E-state index is 0.359. The lowest BCUT2D eigenvalue weighted by molar-refractivity contribution is -0.109. The van der Waals surface area contributed by atoms with Gasteiger partial charge in [0.05, 0.1) is 0 Å². The van der Waals surface area contributed by atoms with Crippen LogP contribution in [0.5, 0.6) is 0 Å². The molecule has 44 valence electrons. The Morgan fingerprint density at radius 1 is 1.75 bits per heavy atom. The molecule has 1 heterocycles. The molecule has 1 rings (SSSR count). The zero-order valence-corrected chi connectivity index (χ0v) is 4.79. The van der Waals surface area contributed by atoms with Gasteiger partial charge >= 0.3 is 0 Å². The van der Waals surface area contributed by atoms with Crippen LogP contribution < -0.4 is 16.2 Å². The third-order valence-electron chi connectivity index (χ3n) is 0.764. The van der Waals surface area contributed by atoms with Crippen molar-refractivity contribution in [3.8, 4) is 0 Å². The van der Waals surface area contributed by atoms with E-state index in [9.17, 15) is 4.79 Å². The average Bonchev–Trinajstić information content (AvgIpc) is 2.14. The monoisotopic (exact) mass is 131 g/mol. The fraction of sp³-hybridized carbons (Fsp3) is 0.333. The van der Waals surface area contributed by atoms with Gasteiger partial charge in [0.25, 0.3) is 0 Å².